The second kappa shape index (κ2) is 4.02. The number of aromatic nitrogens is 2. The highest BCUT2D eigenvalue weighted by Gasteiger charge is 2.00. The van der Waals surface area contributed by atoms with Crippen LogP contribution in [0.2, 0.25) is 0 Å². The van der Waals surface area contributed by atoms with Gasteiger partial charge in [-0.15, -0.1) is 0 Å². The third-order valence-electron chi connectivity index (χ3n) is 1.97. The van der Waals surface area contributed by atoms with E-state index >= 15 is 0 Å². The van der Waals surface area contributed by atoms with Crippen molar-refractivity contribution in [2.45, 2.75) is 0 Å². The maximum Gasteiger partial charge on any atom is 0.238 e. The Labute approximate surface area is 86.3 Å². The molecular formula is C10H10N4O. The van der Waals surface area contributed by atoms with Crippen molar-refractivity contribution in [1.82, 2.24) is 9.97 Å². The molecule has 1 heterocycles. The highest BCUT2D eigenvalue weighted by Crippen LogP contribution is 2.15. The van der Waals surface area contributed by atoms with Crippen LogP contribution in [0.5, 0.6) is 0 Å². The zero-order valence-corrected chi connectivity index (χ0v) is 7.97. The van der Waals surface area contributed by atoms with Crippen molar-refractivity contribution >= 4 is 22.5 Å². The molecule has 0 bridgehead atoms. The fourth-order valence-corrected chi connectivity index (χ4v) is 1.27. The number of nitrogens with zero attached hydrogens (tertiary/aromatic N) is 2. The van der Waals surface area contributed by atoms with Gasteiger partial charge in [0, 0.05) is 17.3 Å². The Morgan fingerprint density at radius 3 is 3.13 bits per heavy atom. The van der Waals surface area contributed by atoms with Crippen LogP contribution in [0.4, 0.5) is 5.69 Å². The van der Waals surface area contributed by atoms with Crippen molar-refractivity contribution < 1.29 is 4.79 Å². The predicted octanol–water partition coefficient (Wildman–Crippen LogP) is 0.527. The molecule has 76 valence electrons. The minimum absolute atomic E-state index is 0.0245. The lowest BCUT2D eigenvalue weighted by atomic mass is 10.2. The van der Waals surface area contributed by atoms with Gasteiger partial charge in [0.1, 0.15) is 6.33 Å². The van der Waals surface area contributed by atoms with Crippen molar-refractivity contribution in [3.05, 3.63) is 30.7 Å². The summed E-state index contributed by atoms with van der Waals surface area (Å²) in [5.74, 6) is -0.216. The number of carbonyl (C=O) groups is 1. The van der Waals surface area contributed by atoms with Gasteiger partial charge in [0.15, 0.2) is 0 Å². The van der Waals surface area contributed by atoms with Crippen LogP contribution in [0.25, 0.3) is 10.9 Å². The van der Waals surface area contributed by atoms with Gasteiger partial charge in [-0.3, -0.25) is 4.79 Å². The minimum Gasteiger partial charge on any atom is -0.325 e. The second-order valence-corrected chi connectivity index (χ2v) is 3.05. The Kier molecular flexibility index (Phi) is 2.55. The average molecular weight is 202 g/mol. The number of hydrogen-bond donors (Lipinski definition) is 2. The van der Waals surface area contributed by atoms with E-state index in [0.717, 1.165) is 10.9 Å². The normalized spacial score (nSPS) is 10.2. The third kappa shape index (κ3) is 2.08. The number of benzene rings is 1. The first kappa shape index (κ1) is 9.54. The molecule has 0 atom stereocenters. The standard InChI is InChI=1S/C10H10N4O/c11-4-10(15)14-8-1-2-9-7(3-8)5-12-6-13-9/h1-3,5-6H,4,11H2,(H,14,15). The fourth-order valence-electron chi connectivity index (χ4n) is 1.27. The Balaban J connectivity index is 2.34. The number of fused-ring (bicyclic) bond motifs is 1. The van der Waals surface area contributed by atoms with Crippen LogP contribution in [-0.4, -0.2) is 22.4 Å². The zero-order valence-electron chi connectivity index (χ0n) is 7.97. The summed E-state index contributed by atoms with van der Waals surface area (Å²) >= 11 is 0. The second-order valence-electron chi connectivity index (χ2n) is 3.05. The van der Waals surface area contributed by atoms with Crippen LogP contribution in [0.3, 0.4) is 0 Å². The molecule has 5 nitrogen and oxygen atoms in total. The Bertz CT molecular complexity index is 498. The van der Waals surface area contributed by atoms with Crippen molar-refractivity contribution in [3.8, 4) is 0 Å². The maximum atomic E-state index is 11.0. The molecule has 3 N–H and O–H groups in total. The molecule has 1 aromatic carbocycles. The summed E-state index contributed by atoms with van der Waals surface area (Å²) in [7, 11) is 0. The van der Waals surface area contributed by atoms with Gasteiger partial charge in [0.2, 0.25) is 5.91 Å². The molecule has 0 radical (unpaired) electrons. The lowest BCUT2D eigenvalue weighted by Gasteiger charge is -2.03. The topological polar surface area (TPSA) is 80.9 Å². The number of amides is 1. The van der Waals surface area contributed by atoms with E-state index in [1.54, 1.807) is 12.3 Å². The Morgan fingerprint density at radius 2 is 2.33 bits per heavy atom. The van der Waals surface area contributed by atoms with E-state index in [1.165, 1.54) is 6.33 Å². The van der Waals surface area contributed by atoms with Crippen LogP contribution >= 0.6 is 0 Å². The van der Waals surface area contributed by atoms with Crippen LogP contribution in [0.15, 0.2) is 30.7 Å². The highest BCUT2D eigenvalue weighted by molar-refractivity contribution is 5.94. The molecule has 0 aliphatic rings. The molecule has 15 heavy (non-hydrogen) atoms. The highest BCUT2D eigenvalue weighted by atomic mass is 16.1. The summed E-state index contributed by atoms with van der Waals surface area (Å²) in [5, 5.41) is 3.55. The monoisotopic (exact) mass is 202 g/mol. The molecule has 0 fully saturated rings. The van der Waals surface area contributed by atoms with Gasteiger partial charge in [-0.2, -0.15) is 0 Å². The van der Waals surface area contributed by atoms with Crippen LogP contribution in [0.1, 0.15) is 0 Å². The zero-order chi connectivity index (χ0) is 10.7. The van der Waals surface area contributed by atoms with Crippen LogP contribution < -0.4 is 11.1 Å². The van der Waals surface area contributed by atoms with E-state index in [-0.39, 0.29) is 12.5 Å². The minimum atomic E-state index is -0.216. The molecule has 1 amide bonds. The van der Waals surface area contributed by atoms with Gasteiger partial charge >= 0.3 is 0 Å². The first-order valence-electron chi connectivity index (χ1n) is 4.49. The van der Waals surface area contributed by atoms with Crippen molar-refractivity contribution in [2.75, 3.05) is 11.9 Å². The number of rotatable bonds is 2. The maximum absolute atomic E-state index is 11.0. The van der Waals surface area contributed by atoms with Gasteiger partial charge in [-0.05, 0) is 18.2 Å². The lowest BCUT2D eigenvalue weighted by molar-refractivity contribution is -0.114. The summed E-state index contributed by atoms with van der Waals surface area (Å²) < 4.78 is 0. The predicted molar refractivity (Wildman–Crippen MR) is 57.2 cm³/mol. The molecule has 0 saturated carbocycles. The molecule has 2 rings (SSSR count). The molecule has 0 aliphatic heterocycles. The summed E-state index contributed by atoms with van der Waals surface area (Å²) in [6.45, 7) is -0.0245. The van der Waals surface area contributed by atoms with E-state index in [0.29, 0.717) is 5.69 Å². The Hall–Kier alpha value is -2.01. The van der Waals surface area contributed by atoms with Crippen LogP contribution in [-0.2, 0) is 4.79 Å². The fraction of sp³-hybridized carbons (Fsp3) is 0.100. The number of anilines is 1. The lowest BCUT2D eigenvalue weighted by Crippen LogP contribution is -2.21. The van der Waals surface area contributed by atoms with Crippen LogP contribution in [0, 0.1) is 0 Å². The summed E-state index contributed by atoms with van der Waals surface area (Å²) in [4.78, 5) is 19.0. The van der Waals surface area contributed by atoms with Gasteiger partial charge < -0.3 is 11.1 Å². The van der Waals surface area contributed by atoms with Gasteiger partial charge in [0.05, 0.1) is 12.1 Å². The van der Waals surface area contributed by atoms with Gasteiger partial charge in [-0.25, -0.2) is 9.97 Å². The van der Waals surface area contributed by atoms with Crippen molar-refractivity contribution in [1.29, 1.82) is 0 Å². The molecule has 0 unspecified atom stereocenters. The quantitative estimate of drug-likeness (QED) is 0.744. The van der Waals surface area contributed by atoms with E-state index < -0.39 is 0 Å². The average Bonchev–Trinajstić information content (AvgIpc) is 2.29. The molecule has 2 aromatic rings. The first-order chi connectivity index (χ1) is 7.29. The number of nitrogens with one attached hydrogen (secondary N) is 1. The summed E-state index contributed by atoms with van der Waals surface area (Å²) in [5.41, 5.74) is 6.74. The van der Waals surface area contributed by atoms with Gasteiger partial charge in [-0.1, -0.05) is 0 Å². The molecular weight excluding hydrogens is 192 g/mol. The molecule has 5 heteroatoms. The number of carbonyl (C=O) groups excluding carboxylic acids is 1. The van der Waals surface area contributed by atoms with Gasteiger partial charge in [0.25, 0.3) is 0 Å². The van der Waals surface area contributed by atoms with E-state index in [4.69, 9.17) is 5.73 Å². The van der Waals surface area contributed by atoms with Crippen molar-refractivity contribution in [3.63, 3.8) is 0 Å². The Morgan fingerprint density at radius 1 is 1.47 bits per heavy atom. The van der Waals surface area contributed by atoms with E-state index in [2.05, 4.69) is 15.3 Å². The summed E-state index contributed by atoms with van der Waals surface area (Å²) in [6, 6.07) is 5.41. The smallest absolute Gasteiger partial charge is 0.238 e. The SMILES string of the molecule is NCC(=O)Nc1ccc2ncncc2c1. The van der Waals surface area contributed by atoms with E-state index in [1.807, 2.05) is 12.1 Å². The number of hydrogen-bond acceptors (Lipinski definition) is 4. The number of nitrogens with two attached hydrogens (primary N) is 1. The third-order valence-corrected chi connectivity index (χ3v) is 1.97. The molecule has 0 aliphatic carbocycles. The molecule has 0 spiro atoms. The molecule has 0 saturated heterocycles. The van der Waals surface area contributed by atoms with E-state index in [9.17, 15) is 4.79 Å². The van der Waals surface area contributed by atoms with Crippen molar-refractivity contribution in [2.24, 2.45) is 5.73 Å². The molecule has 1 aromatic heterocycles. The largest absolute Gasteiger partial charge is 0.325 e. The first-order valence-corrected chi connectivity index (χ1v) is 4.49. The summed E-state index contributed by atoms with van der Waals surface area (Å²) in [6.07, 6.45) is 3.18.